The number of carbonyl (C=O) groups excluding carboxylic acids is 1. The fraction of sp³-hybridized carbons (Fsp3) is 0.211. The van der Waals surface area contributed by atoms with Gasteiger partial charge in [0.1, 0.15) is 9.88 Å². The zero-order valence-corrected chi connectivity index (χ0v) is 15.4. The van der Waals surface area contributed by atoms with Gasteiger partial charge < -0.3 is 5.32 Å². The standard InChI is InChI=1S/C19H16F3N3OS/c1-11(15-5-3-4-10-23-15)24-17(26)16-12(2)25-18(27-16)13-6-8-14(9-7-13)19(20,21)22/h3-11H,1-2H3,(H,24,26). The Bertz CT molecular complexity index is 937. The molecule has 0 aliphatic heterocycles. The van der Waals surface area contributed by atoms with E-state index in [0.717, 1.165) is 29.2 Å². The van der Waals surface area contributed by atoms with Crippen LogP contribution in [0.4, 0.5) is 13.2 Å². The molecule has 140 valence electrons. The lowest BCUT2D eigenvalue weighted by atomic mass is 10.1. The SMILES string of the molecule is Cc1nc(-c2ccc(C(F)(F)F)cc2)sc1C(=O)NC(C)c1ccccn1. The molecule has 0 radical (unpaired) electrons. The third-order valence-corrected chi connectivity index (χ3v) is 5.15. The third kappa shape index (κ3) is 4.33. The Morgan fingerprint density at radius 2 is 1.85 bits per heavy atom. The van der Waals surface area contributed by atoms with Crippen molar-refractivity contribution in [3.8, 4) is 10.6 Å². The van der Waals surface area contributed by atoms with E-state index in [-0.39, 0.29) is 11.9 Å². The molecule has 8 heteroatoms. The first-order chi connectivity index (χ1) is 12.8. The molecule has 3 rings (SSSR count). The highest BCUT2D eigenvalue weighted by atomic mass is 32.1. The molecule has 4 nitrogen and oxygen atoms in total. The van der Waals surface area contributed by atoms with E-state index in [2.05, 4.69) is 15.3 Å². The molecule has 0 saturated heterocycles. The van der Waals surface area contributed by atoms with Gasteiger partial charge in [-0.1, -0.05) is 18.2 Å². The van der Waals surface area contributed by atoms with E-state index in [4.69, 9.17) is 0 Å². The highest BCUT2D eigenvalue weighted by molar-refractivity contribution is 7.17. The first kappa shape index (κ1) is 19.0. The van der Waals surface area contributed by atoms with E-state index in [0.29, 0.717) is 21.1 Å². The van der Waals surface area contributed by atoms with Gasteiger partial charge in [0.05, 0.1) is 23.0 Å². The van der Waals surface area contributed by atoms with Gasteiger partial charge in [0, 0.05) is 11.8 Å². The van der Waals surface area contributed by atoms with Gasteiger partial charge in [-0.3, -0.25) is 9.78 Å². The van der Waals surface area contributed by atoms with Gasteiger partial charge in [-0.05, 0) is 38.1 Å². The zero-order valence-electron chi connectivity index (χ0n) is 14.5. The number of benzene rings is 1. The molecule has 27 heavy (non-hydrogen) atoms. The summed E-state index contributed by atoms with van der Waals surface area (Å²) in [7, 11) is 0. The molecule has 0 aliphatic rings. The van der Waals surface area contributed by atoms with Gasteiger partial charge in [0.15, 0.2) is 0 Å². The number of carbonyl (C=O) groups is 1. The van der Waals surface area contributed by atoms with Crippen molar-refractivity contribution in [2.24, 2.45) is 0 Å². The Kier molecular flexibility index (Phi) is 5.27. The van der Waals surface area contributed by atoms with Crippen molar-refractivity contribution in [2.75, 3.05) is 0 Å². The second kappa shape index (κ2) is 7.48. The zero-order chi connectivity index (χ0) is 19.6. The number of amides is 1. The maximum Gasteiger partial charge on any atom is 0.416 e. The molecule has 2 aromatic heterocycles. The second-order valence-electron chi connectivity index (χ2n) is 5.96. The molecule has 3 aromatic rings. The van der Waals surface area contributed by atoms with E-state index in [1.165, 1.54) is 12.1 Å². The van der Waals surface area contributed by atoms with Crippen molar-refractivity contribution >= 4 is 17.2 Å². The predicted octanol–water partition coefficient (Wildman–Crippen LogP) is 5.02. The summed E-state index contributed by atoms with van der Waals surface area (Å²) in [5.41, 5.74) is 1.08. The molecule has 0 fully saturated rings. The van der Waals surface area contributed by atoms with Gasteiger partial charge in [0.25, 0.3) is 5.91 Å². The third-order valence-electron chi connectivity index (χ3n) is 3.94. The van der Waals surface area contributed by atoms with E-state index in [1.807, 2.05) is 19.1 Å². The lowest BCUT2D eigenvalue weighted by Gasteiger charge is -2.12. The summed E-state index contributed by atoms with van der Waals surface area (Å²) in [5.74, 6) is -0.290. The van der Waals surface area contributed by atoms with Crippen LogP contribution in [0, 0.1) is 6.92 Å². The number of aryl methyl sites for hydroxylation is 1. The normalized spacial score (nSPS) is 12.6. The van der Waals surface area contributed by atoms with Gasteiger partial charge >= 0.3 is 6.18 Å². The summed E-state index contributed by atoms with van der Waals surface area (Å²) < 4.78 is 38.1. The Morgan fingerprint density at radius 3 is 2.44 bits per heavy atom. The van der Waals surface area contributed by atoms with Crippen molar-refractivity contribution in [2.45, 2.75) is 26.1 Å². The largest absolute Gasteiger partial charge is 0.416 e. The number of halogens is 3. The van der Waals surface area contributed by atoms with Crippen LogP contribution in [-0.4, -0.2) is 15.9 Å². The topological polar surface area (TPSA) is 54.9 Å². The molecule has 1 unspecified atom stereocenters. The average molecular weight is 391 g/mol. The van der Waals surface area contributed by atoms with Gasteiger partial charge in [-0.2, -0.15) is 13.2 Å². The summed E-state index contributed by atoms with van der Waals surface area (Å²) in [5, 5.41) is 3.36. The van der Waals surface area contributed by atoms with Gasteiger partial charge in [-0.15, -0.1) is 11.3 Å². The molecule has 1 amide bonds. The van der Waals surface area contributed by atoms with Crippen LogP contribution in [0.5, 0.6) is 0 Å². The molecule has 0 aliphatic carbocycles. The predicted molar refractivity (Wildman–Crippen MR) is 97.4 cm³/mol. The highest BCUT2D eigenvalue weighted by Crippen LogP contribution is 2.33. The number of aromatic nitrogens is 2. The lowest BCUT2D eigenvalue weighted by molar-refractivity contribution is -0.137. The van der Waals surface area contributed by atoms with Crippen LogP contribution >= 0.6 is 11.3 Å². The van der Waals surface area contributed by atoms with Crippen LogP contribution in [0.3, 0.4) is 0 Å². The molecule has 1 N–H and O–H groups in total. The van der Waals surface area contributed by atoms with Crippen LogP contribution in [0.25, 0.3) is 10.6 Å². The summed E-state index contributed by atoms with van der Waals surface area (Å²) in [6, 6.07) is 9.91. The van der Waals surface area contributed by atoms with E-state index >= 15 is 0 Å². The van der Waals surface area contributed by atoms with E-state index < -0.39 is 11.7 Å². The number of alkyl halides is 3. The van der Waals surface area contributed by atoms with Crippen LogP contribution in [-0.2, 0) is 6.18 Å². The molecule has 1 atom stereocenters. The fourth-order valence-corrected chi connectivity index (χ4v) is 3.48. The van der Waals surface area contributed by atoms with Gasteiger partial charge in [0.2, 0.25) is 0 Å². The Hall–Kier alpha value is -2.74. The Labute approximate surface area is 158 Å². The van der Waals surface area contributed by atoms with Crippen LogP contribution in [0.15, 0.2) is 48.7 Å². The summed E-state index contributed by atoms with van der Waals surface area (Å²) in [6.07, 6.45) is -2.73. The second-order valence-corrected chi connectivity index (χ2v) is 6.96. The smallest absolute Gasteiger partial charge is 0.343 e. The molecule has 1 aromatic carbocycles. The average Bonchev–Trinajstić information content (AvgIpc) is 3.03. The number of hydrogen-bond donors (Lipinski definition) is 1. The molecule has 0 bridgehead atoms. The molecule has 2 heterocycles. The monoisotopic (exact) mass is 391 g/mol. The van der Waals surface area contributed by atoms with Crippen molar-refractivity contribution in [1.29, 1.82) is 0 Å². The first-order valence-electron chi connectivity index (χ1n) is 8.12. The van der Waals surface area contributed by atoms with Crippen LogP contribution in [0.1, 0.15) is 39.6 Å². The number of nitrogens with one attached hydrogen (secondary N) is 1. The number of nitrogens with zero attached hydrogens (tertiary/aromatic N) is 2. The number of hydrogen-bond acceptors (Lipinski definition) is 4. The molecule has 0 saturated carbocycles. The summed E-state index contributed by atoms with van der Waals surface area (Å²) in [4.78, 5) is 21.5. The minimum Gasteiger partial charge on any atom is -0.343 e. The Balaban J connectivity index is 1.79. The molecule has 0 spiro atoms. The number of pyridine rings is 1. The van der Waals surface area contributed by atoms with Crippen molar-refractivity contribution in [3.63, 3.8) is 0 Å². The molecular weight excluding hydrogens is 375 g/mol. The number of thiazole rings is 1. The quantitative estimate of drug-likeness (QED) is 0.679. The summed E-state index contributed by atoms with van der Waals surface area (Å²) >= 11 is 1.15. The van der Waals surface area contributed by atoms with E-state index in [9.17, 15) is 18.0 Å². The fourth-order valence-electron chi connectivity index (χ4n) is 2.50. The maximum absolute atomic E-state index is 12.7. The minimum atomic E-state index is -4.38. The maximum atomic E-state index is 12.7. The van der Waals surface area contributed by atoms with Crippen molar-refractivity contribution in [3.05, 3.63) is 70.5 Å². The summed E-state index contributed by atoms with van der Waals surface area (Å²) in [6.45, 7) is 3.53. The number of rotatable bonds is 4. The molecular formula is C19H16F3N3OS. The highest BCUT2D eigenvalue weighted by Gasteiger charge is 2.30. The minimum absolute atomic E-state index is 0.283. The first-order valence-corrected chi connectivity index (χ1v) is 8.94. The van der Waals surface area contributed by atoms with Crippen LogP contribution in [0.2, 0.25) is 0 Å². The van der Waals surface area contributed by atoms with Gasteiger partial charge in [-0.25, -0.2) is 4.98 Å². The van der Waals surface area contributed by atoms with E-state index in [1.54, 1.807) is 19.2 Å². The van der Waals surface area contributed by atoms with Crippen molar-refractivity contribution in [1.82, 2.24) is 15.3 Å². The van der Waals surface area contributed by atoms with Crippen LogP contribution < -0.4 is 5.32 Å². The van der Waals surface area contributed by atoms with Crippen molar-refractivity contribution < 1.29 is 18.0 Å². The lowest BCUT2D eigenvalue weighted by Crippen LogP contribution is -2.27. The Morgan fingerprint density at radius 1 is 1.15 bits per heavy atom.